The van der Waals surface area contributed by atoms with Crippen LogP contribution >= 0.6 is 23.1 Å². The number of carbonyl (C=O) groups excluding carboxylic acids is 2. The SMILES string of the molecule is CC1(C)[C@H](CC(=O)/C(=N\OCC(=O)O)c2csc(N)n2)C(=O)N1OC(SC(F)F)C(=O)O. The Kier molecular flexibility index (Phi) is 8.08. The summed E-state index contributed by atoms with van der Waals surface area (Å²) in [5.74, 6) is -8.64. The number of hydrogen-bond donors (Lipinski definition) is 3. The highest BCUT2D eigenvalue weighted by Crippen LogP contribution is 2.41. The Balaban J connectivity index is 2.15. The van der Waals surface area contributed by atoms with Crippen molar-refractivity contribution in [2.45, 2.75) is 37.0 Å². The molecule has 1 aromatic rings. The average molecular weight is 496 g/mol. The number of hydrogen-bond acceptors (Lipinski definition) is 11. The van der Waals surface area contributed by atoms with E-state index in [1.54, 1.807) is 0 Å². The second kappa shape index (κ2) is 10.2. The summed E-state index contributed by atoms with van der Waals surface area (Å²) in [6.07, 6.45) is -0.446. The Morgan fingerprint density at radius 3 is 2.53 bits per heavy atom. The van der Waals surface area contributed by atoms with Crippen LogP contribution in [0.2, 0.25) is 0 Å². The van der Waals surface area contributed by atoms with Crippen molar-refractivity contribution < 1.29 is 47.8 Å². The van der Waals surface area contributed by atoms with Crippen LogP contribution in [0.3, 0.4) is 0 Å². The van der Waals surface area contributed by atoms with Crippen LogP contribution in [0.25, 0.3) is 0 Å². The quantitative estimate of drug-likeness (QED) is 0.163. The molecule has 2 heterocycles. The first kappa shape index (κ1) is 25.4. The zero-order valence-corrected chi connectivity index (χ0v) is 18.2. The van der Waals surface area contributed by atoms with Crippen LogP contribution in [-0.2, 0) is 28.9 Å². The normalized spacial score (nSPS) is 18.9. The number of Topliss-reactive ketones (excluding diaryl/α,β-unsaturated/α-hetero) is 1. The highest BCUT2D eigenvalue weighted by molar-refractivity contribution is 8.00. The van der Waals surface area contributed by atoms with E-state index in [4.69, 9.17) is 20.8 Å². The number of anilines is 1. The molecule has 12 nitrogen and oxygen atoms in total. The lowest BCUT2D eigenvalue weighted by molar-refractivity contribution is -0.272. The van der Waals surface area contributed by atoms with E-state index in [1.165, 1.54) is 19.2 Å². The summed E-state index contributed by atoms with van der Waals surface area (Å²) in [5.41, 5.74) is 1.94. The number of alkyl halides is 2. The summed E-state index contributed by atoms with van der Waals surface area (Å²) >= 11 is 0.691. The van der Waals surface area contributed by atoms with Crippen molar-refractivity contribution in [3.05, 3.63) is 11.1 Å². The molecule has 0 aromatic carbocycles. The fourth-order valence-corrected chi connectivity index (χ4v) is 3.70. The van der Waals surface area contributed by atoms with E-state index in [1.807, 2.05) is 0 Å². The van der Waals surface area contributed by atoms with Crippen LogP contribution in [0, 0.1) is 5.92 Å². The Hall–Kier alpha value is -2.85. The molecule has 2 atom stereocenters. The number of nitrogens with two attached hydrogens (primary N) is 1. The van der Waals surface area contributed by atoms with Gasteiger partial charge in [0.15, 0.2) is 16.6 Å². The Bertz CT molecular complexity index is 939. The van der Waals surface area contributed by atoms with E-state index in [9.17, 15) is 28.0 Å². The van der Waals surface area contributed by atoms with E-state index in [0.29, 0.717) is 5.06 Å². The fourth-order valence-electron chi connectivity index (χ4n) is 2.72. The molecule has 0 aliphatic carbocycles. The van der Waals surface area contributed by atoms with Crippen LogP contribution < -0.4 is 5.73 Å². The van der Waals surface area contributed by atoms with Gasteiger partial charge in [0.1, 0.15) is 5.69 Å². The van der Waals surface area contributed by atoms with Crippen LogP contribution in [0.1, 0.15) is 26.0 Å². The third-order valence-corrected chi connectivity index (χ3v) is 5.68. The highest BCUT2D eigenvalue weighted by Gasteiger charge is 2.57. The van der Waals surface area contributed by atoms with Crippen molar-refractivity contribution in [1.82, 2.24) is 10.0 Å². The van der Waals surface area contributed by atoms with Crippen molar-refractivity contribution in [1.29, 1.82) is 0 Å². The van der Waals surface area contributed by atoms with E-state index in [2.05, 4.69) is 15.0 Å². The Labute approximate surface area is 187 Å². The molecule has 176 valence electrons. The van der Waals surface area contributed by atoms with Gasteiger partial charge in [-0.2, -0.15) is 8.78 Å². The summed E-state index contributed by atoms with van der Waals surface area (Å²) < 4.78 is 25.1. The number of aliphatic carboxylic acids is 2. The number of ketones is 1. The lowest BCUT2D eigenvalue weighted by Gasteiger charge is -2.52. The smallest absolute Gasteiger partial charge is 0.346 e. The molecule has 0 radical (unpaired) electrons. The molecular weight excluding hydrogens is 478 g/mol. The highest BCUT2D eigenvalue weighted by atomic mass is 32.2. The van der Waals surface area contributed by atoms with Crippen LogP contribution in [-0.4, -0.2) is 72.9 Å². The molecular formula is C16H18F2N4O8S2. The second-order valence-electron chi connectivity index (χ2n) is 6.82. The molecule has 16 heteroatoms. The number of nitrogen functional groups attached to an aromatic ring is 1. The van der Waals surface area contributed by atoms with E-state index < -0.39 is 59.3 Å². The predicted molar refractivity (Wildman–Crippen MR) is 107 cm³/mol. The van der Waals surface area contributed by atoms with Crippen molar-refractivity contribution in [2.75, 3.05) is 12.3 Å². The summed E-state index contributed by atoms with van der Waals surface area (Å²) in [6, 6.07) is 0. The Morgan fingerprint density at radius 2 is 2.06 bits per heavy atom. The van der Waals surface area contributed by atoms with E-state index in [0.717, 1.165) is 11.3 Å². The predicted octanol–water partition coefficient (Wildman–Crippen LogP) is 1.02. The maximum Gasteiger partial charge on any atom is 0.346 e. The monoisotopic (exact) mass is 496 g/mol. The molecule has 32 heavy (non-hydrogen) atoms. The minimum atomic E-state index is -3.05. The standard InChI is InChI=1S/C16H18F2N4O8S2/c1-16(2)6(11(26)22(16)30-13(12(27)28)32-14(17)18)3-8(23)10(21-29-4-9(24)25)7-5-31-15(19)20-7/h5-6,13-14H,3-4H2,1-2H3,(H2,19,20)(H,24,25)(H,27,28)/b21-10-/t6-,13?/m1/s1. The topological polar surface area (TPSA) is 182 Å². The maximum absolute atomic E-state index is 12.8. The number of amides is 1. The average Bonchev–Trinajstić information content (AvgIpc) is 3.11. The molecule has 0 saturated carbocycles. The molecule has 1 saturated heterocycles. The zero-order chi connectivity index (χ0) is 24.2. The number of nitrogens with zero attached hydrogens (tertiary/aromatic N) is 3. The number of hydroxylamine groups is 2. The molecule has 1 amide bonds. The van der Waals surface area contributed by atoms with Gasteiger partial charge < -0.3 is 20.8 Å². The molecule has 2 rings (SSSR count). The first-order valence-electron chi connectivity index (χ1n) is 8.68. The van der Waals surface area contributed by atoms with Gasteiger partial charge in [0, 0.05) is 11.8 Å². The number of carboxylic acids is 2. The molecule has 1 unspecified atom stereocenters. The summed E-state index contributed by atoms with van der Waals surface area (Å²) in [6.45, 7) is 2.08. The van der Waals surface area contributed by atoms with Crippen molar-refractivity contribution >= 4 is 57.6 Å². The van der Waals surface area contributed by atoms with Gasteiger partial charge in [-0.15, -0.1) is 11.3 Å². The number of thioether (sulfide) groups is 1. The number of carboxylic acid groups (broad SMARTS) is 2. The van der Waals surface area contributed by atoms with Crippen molar-refractivity contribution in [2.24, 2.45) is 11.1 Å². The zero-order valence-electron chi connectivity index (χ0n) is 16.6. The number of β-lactam (4-membered cyclic amide) rings is 1. The van der Waals surface area contributed by atoms with Gasteiger partial charge in [-0.1, -0.05) is 5.16 Å². The number of aromatic nitrogens is 1. The third kappa shape index (κ3) is 5.89. The summed E-state index contributed by atoms with van der Waals surface area (Å²) in [7, 11) is 0. The van der Waals surface area contributed by atoms with Crippen LogP contribution in [0.4, 0.5) is 13.9 Å². The van der Waals surface area contributed by atoms with Gasteiger partial charge in [-0.05, 0) is 25.6 Å². The minimum Gasteiger partial charge on any atom is -0.479 e. The molecule has 0 spiro atoms. The maximum atomic E-state index is 12.8. The third-order valence-electron chi connectivity index (χ3n) is 4.27. The van der Waals surface area contributed by atoms with Gasteiger partial charge in [0.25, 0.3) is 11.7 Å². The lowest BCUT2D eigenvalue weighted by atomic mass is 9.74. The van der Waals surface area contributed by atoms with E-state index >= 15 is 0 Å². The first-order chi connectivity index (χ1) is 14.8. The number of thiazole rings is 1. The molecule has 1 aromatic heterocycles. The van der Waals surface area contributed by atoms with Gasteiger partial charge >= 0.3 is 11.9 Å². The second-order valence-corrected chi connectivity index (χ2v) is 8.76. The van der Waals surface area contributed by atoms with Crippen LogP contribution in [0.5, 0.6) is 0 Å². The first-order valence-corrected chi connectivity index (χ1v) is 10.5. The number of oxime groups is 1. The van der Waals surface area contributed by atoms with Gasteiger partial charge in [-0.3, -0.25) is 9.59 Å². The van der Waals surface area contributed by atoms with Gasteiger partial charge in [0.05, 0.1) is 11.5 Å². The largest absolute Gasteiger partial charge is 0.479 e. The lowest BCUT2D eigenvalue weighted by Crippen LogP contribution is -2.68. The van der Waals surface area contributed by atoms with Gasteiger partial charge in [-0.25, -0.2) is 24.5 Å². The number of carbonyl (C=O) groups is 4. The van der Waals surface area contributed by atoms with Crippen molar-refractivity contribution in [3.8, 4) is 0 Å². The fraction of sp³-hybridized carbons (Fsp3) is 0.500. The van der Waals surface area contributed by atoms with E-state index in [-0.39, 0.29) is 28.3 Å². The number of halogens is 2. The van der Waals surface area contributed by atoms with Crippen LogP contribution in [0.15, 0.2) is 10.5 Å². The number of rotatable bonds is 12. The molecule has 1 aliphatic rings. The summed E-state index contributed by atoms with van der Waals surface area (Å²) in [4.78, 5) is 60.5. The van der Waals surface area contributed by atoms with Gasteiger partial charge in [0.2, 0.25) is 12.0 Å². The molecule has 1 fully saturated rings. The Morgan fingerprint density at radius 1 is 1.41 bits per heavy atom. The molecule has 4 N–H and O–H groups in total. The minimum absolute atomic E-state index is 0.0137. The molecule has 0 bridgehead atoms. The summed E-state index contributed by atoms with van der Waals surface area (Å²) in [5, 5.41) is 23.3. The molecule has 1 aliphatic heterocycles. The van der Waals surface area contributed by atoms with Crippen molar-refractivity contribution in [3.63, 3.8) is 0 Å².